The van der Waals surface area contributed by atoms with Gasteiger partial charge in [-0.3, -0.25) is 9.59 Å². The van der Waals surface area contributed by atoms with Gasteiger partial charge in [-0.25, -0.2) is 9.29 Å². The van der Waals surface area contributed by atoms with Crippen molar-refractivity contribution in [1.82, 2.24) is 4.90 Å². The molecular formula is C23H23FN2O2S. The molecule has 2 aliphatic rings. The van der Waals surface area contributed by atoms with E-state index in [0.717, 1.165) is 49.2 Å². The molecule has 2 amide bonds. The fraction of sp³-hybridized carbons (Fsp3) is 0.304. The quantitative estimate of drug-likeness (QED) is 0.673. The van der Waals surface area contributed by atoms with E-state index in [2.05, 4.69) is 4.90 Å². The molecule has 6 heteroatoms. The minimum absolute atomic E-state index is 0.321. The molecule has 0 spiro atoms. The van der Waals surface area contributed by atoms with E-state index in [0.29, 0.717) is 16.3 Å². The molecule has 0 bridgehead atoms. The number of rotatable bonds is 4. The zero-order chi connectivity index (χ0) is 20.4. The molecule has 150 valence electrons. The van der Waals surface area contributed by atoms with Crippen LogP contribution in [0.3, 0.4) is 0 Å². The van der Waals surface area contributed by atoms with Crippen molar-refractivity contribution in [3.8, 4) is 0 Å². The van der Waals surface area contributed by atoms with Gasteiger partial charge in [0.25, 0.3) is 11.8 Å². The molecule has 2 aliphatic heterocycles. The SMILES string of the molecule is Cc1ccc(SC2=C(N3CCCCCC3)C(=O)N(c3ccc(F)cc3)C2=O)cc1. The van der Waals surface area contributed by atoms with Crippen LogP contribution < -0.4 is 4.90 Å². The first-order valence-electron chi connectivity index (χ1n) is 9.93. The summed E-state index contributed by atoms with van der Waals surface area (Å²) in [6.45, 7) is 3.55. The largest absolute Gasteiger partial charge is 0.366 e. The lowest BCUT2D eigenvalue weighted by Crippen LogP contribution is -2.35. The third-order valence-electron chi connectivity index (χ3n) is 5.27. The molecule has 0 unspecified atom stereocenters. The average molecular weight is 411 g/mol. The van der Waals surface area contributed by atoms with E-state index in [9.17, 15) is 14.0 Å². The highest BCUT2D eigenvalue weighted by Gasteiger charge is 2.42. The predicted molar refractivity (Wildman–Crippen MR) is 113 cm³/mol. The van der Waals surface area contributed by atoms with Gasteiger partial charge in [-0.1, -0.05) is 42.3 Å². The van der Waals surface area contributed by atoms with Crippen LogP contribution in [0.25, 0.3) is 0 Å². The van der Waals surface area contributed by atoms with Gasteiger partial charge in [-0.15, -0.1) is 0 Å². The van der Waals surface area contributed by atoms with Crippen LogP contribution in [-0.4, -0.2) is 29.8 Å². The lowest BCUT2D eigenvalue weighted by molar-refractivity contribution is -0.121. The maximum atomic E-state index is 13.4. The summed E-state index contributed by atoms with van der Waals surface area (Å²) in [5, 5.41) is 0. The molecule has 2 heterocycles. The zero-order valence-corrected chi connectivity index (χ0v) is 17.2. The van der Waals surface area contributed by atoms with E-state index in [1.54, 1.807) is 0 Å². The maximum absolute atomic E-state index is 13.4. The summed E-state index contributed by atoms with van der Waals surface area (Å²) < 4.78 is 13.4. The van der Waals surface area contributed by atoms with Crippen molar-refractivity contribution in [1.29, 1.82) is 0 Å². The summed E-state index contributed by atoms with van der Waals surface area (Å²) in [4.78, 5) is 31.3. The third-order valence-corrected chi connectivity index (χ3v) is 6.35. The number of hydrogen-bond acceptors (Lipinski definition) is 4. The lowest BCUT2D eigenvalue weighted by Gasteiger charge is -2.24. The lowest BCUT2D eigenvalue weighted by atomic mass is 10.2. The van der Waals surface area contributed by atoms with Crippen LogP contribution >= 0.6 is 11.8 Å². The monoisotopic (exact) mass is 410 g/mol. The zero-order valence-electron chi connectivity index (χ0n) is 16.4. The highest BCUT2D eigenvalue weighted by Crippen LogP contribution is 2.39. The topological polar surface area (TPSA) is 40.6 Å². The Morgan fingerprint density at radius 2 is 1.45 bits per heavy atom. The van der Waals surface area contributed by atoms with Crippen LogP contribution in [0.1, 0.15) is 31.2 Å². The highest BCUT2D eigenvalue weighted by molar-refractivity contribution is 8.04. The number of carbonyl (C=O) groups excluding carboxylic acids is 2. The third kappa shape index (κ3) is 4.08. The number of amides is 2. The number of nitrogens with zero attached hydrogens (tertiary/aromatic N) is 2. The van der Waals surface area contributed by atoms with Crippen molar-refractivity contribution in [2.75, 3.05) is 18.0 Å². The summed E-state index contributed by atoms with van der Waals surface area (Å²) in [7, 11) is 0. The van der Waals surface area contributed by atoms with E-state index in [1.165, 1.54) is 40.9 Å². The predicted octanol–water partition coefficient (Wildman–Crippen LogP) is 4.89. The van der Waals surface area contributed by atoms with Crippen LogP contribution in [0.5, 0.6) is 0 Å². The average Bonchev–Trinajstić information content (AvgIpc) is 2.89. The second kappa shape index (κ2) is 8.41. The Balaban J connectivity index is 1.73. The molecule has 0 saturated carbocycles. The molecule has 0 radical (unpaired) electrons. The maximum Gasteiger partial charge on any atom is 0.283 e. The van der Waals surface area contributed by atoms with E-state index < -0.39 is 5.82 Å². The first-order chi connectivity index (χ1) is 14.0. The van der Waals surface area contributed by atoms with Gasteiger partial charge in [-0.2, -0.15) is 0 Å². The van der Waals surface area contributed by atoms with E-state index >= 15 is 0 Å². The minimum Gasteiger partial charge on any atom is -0.366 e. The normalized spacial score (nSPS) is 17.9. The Hall–Kier alpha value is -2.60. The van der Waals surface area contributed by atoms with Crippen molar-refractivity contribution in [2.45, 2.75) is 37.5 Å². The molecule has 0 aromatic heterocycles. The molecular weight excluding hydrogens is 387 g/mol. The second-order valence-corrected chi connectivity index (χ2v) is 8.50. The molecule has 4 nitrogen and oxygen atoms in total. The number of thioether (sulfide) groups is 1. The van der Waals surface area contributed by atoms with Gasteiger partial charge in [0.05, 0.1) is 5.69 Å². The Morgan fingerprint density at radius 1 is 0.828 bits per heavy atom. The number of likely N-dealkylation sites (tertiary alicyclic amines) is 1. The molecule has 1 saturated heterocycles. The van der Waals surface area contributed by atoms with E-state index in [-0.39, 0.29) is 11.8 Å². The summed E-state index contributed by atoms with van der Waals surface area (Å²) in [5.41, 5.74) is 2.01. The van der Waals surface area contributed by atoms with Gasteiger partial charge in [0.15, 0.2) is 0 Å². The van der Waals surface area contributed by atoms with E-state index in [4.69, 9.17) is 0 Å². The van der Waals surface area contributed by atoms with Crippen molar-refractivity contribution < 1.29 is 14.0 Å². The molecule has 0 atom stereocenters. The van der Waals surface area contributed by atoms with Gasteiger partial charge in [0.2, 0.25) is 0 Å². The summed E-state index contributed by atoms with van der Waals surface area (Å²) in [6.07, 6.45) is 4.27. The fourth-order valence-electron chi connectivity index (χ4n) is 3.71. The first kappa shape index (κ1) is 19.7. The number of anilines is 1. The molecule has 29 heavy (non-hydrogen) atoms. The molecule has 0 aliphatic carbocycles. The van der Waals surface area contributed by atoms with Crippen molar-refractivity contribution >= 4 is 29.3 Å². The summed E-state index contributed by atoms with van der Waals surface area (Å²) >= 11 is 1.33. The van der Waals surface area contributed by atoms with Gasteiger partial charge in [0, 0.05) is 18.0 Å². The first-order valence-corrected chi connectivity index (χ1v) is 10.7. The standard InChI is InChI=1S/C23H23FN2O2S/c1-16-6-12-19(13-7-16)29-21-20(25-14-4-2-3-5-15-25)22(27)26(23(21)28)18-10-8-17(24)9-11-18/h6-13H,2-5,14-15H2,1H3. The van der Waals surface area contributed by atoms with Crippen LogP contribution in [0.2, 0.25) is 0 Å². The van der Waals surface area contributed by atoms with Crippen LogP contribution in [0, 0.1) is 12.7 Å². The molecule has 4 rings (SSSR count). The van der Waals surface area contributed by atoms with Gasteiger partial charge in [0.1, 0.15) is 16.4 Å². The second-order valence-electron chi connectivity index (χ2n) is 7.42. The molecule has 0 N–H and O–H groups in total. The molecule has 2 aromatic rings. The van der Waals surface area contributed by atoms with Gasteiger partial charge >= 0.3 is 0 Å². The highest BCUT2D eigenvalue weighted by atomic mass is 32.2. The number of hydrogen-bond donors (Lipinski definition) is 0. The van der Waals surface area contributed by atoms with E-state index in [1.807, 2.05) is 31.2 Å². The Bertz CT molecular complexity index is 946. The summed E-state index contributed by atoms with van der Waals surface area (Å²) in [6, 6.07) is 13.4. The Labute approximate surface area is 174 Å². The van der Waals surface area contributed by atoms with Crippen molar-refractivity contribution in [3.63, 3.8) is 0 Å². The number of carbonyl (C=O) groups is 2. The van der Waals surface area contributed by atoms with Crippen molar-refractivity contribution in [2.24, 2.45) is 0 Å². The number of benzene rings is 2. The van der Waals surface area contributed by atoms with Crippen LogP contribution in [0.15, 0.2) is 64.0 Å². The van der Waals surface area contributed by atoms with Gasteiger partial charge in [-0.05, 0) is 56.2 Å². The Kier molecular flexibility index (Phi) is 5.72. The number of aryl methyl sites for hydroxylation is 1. The van der Waals surface area contributed by atoms with Gasteiger partial charge < -0.3 is 4.90 Å². The molecule has 1 fully saturated rings. The van der Waals surface area contributed by atoms with Crippen LogP contribution in [-0.2, 0) is 9.59 Å². The molecule has 2 aromatic carbocycles. The number of halogens is 1. The van der Waals surface area contributed by atoms with Crippen LogP contribution in [0.4, 0.5) is 10.1 Å². The Morgan fingerprint density at radius 3 is 2.07 bits per heavy atom. The number of imide groups is 1. The fourth-order valence-corrected chi connectivity index (χ4v) is 4.71. The smallest absolute Gasteiger partial charge is 0.283 e. The van der Waals surface area contributed by atoms with Crippen molar-refractivity contribution in [3.05, 3.63) is 70.5 Å². The summed E-state index contributed by atoms with van der Waals surface area (Å²) in [5.74, 6) is -1.06. The minimum atomic E-state index is -0.400.